The van der Waals surface area contributed by atoms with Crippen molar-refractivity contribution >= 4 is 27.5 Å². The highest BCUT2D eigenvalue weighted by Gasteiger charge is 2.19. The molecule has 0 aliphatic rings. The molecule has 0 radical (unpaired) electrons. The molecule has 1 aromatic carbocycles. The Morgan fingerprint density at radius 2 is 2.16 bits per heavy atom. The topological polar surface area (TPSA) is 61.8 Å². The fourth-order valence-electron chi connectivity index (χ4n) is 1.91. The van der Waals surface area contributed by atoms with E-state index < -0.39 is 5.82 Å². The Bertz CT molecular complexity index is 477. The van der Waals surface area contributed by atoms with Gasteiger partial charge in [0.15, 0.2) is 11.7 Å². The molecule has 0 amide bonds. The summed E-state index contributed by atoms with van der Waals surface area (Å²) < 4.78 is 14.6. The third-order valence-electron chi connectivity index (χ3n) is 2.84. The first-order valence-corrected chi connectivity index (χ1v) is 6.95. The average molecular weight is 332 g/mol. The molecule has 0 heterocycles. The number of halogens is 2. The van der Waals surface area contributed by atoms with Gasteiger partial charge in [0.2, 0.25) is 0 Å². The van der Waals surface area contributed by atoms with Gasteiger partial charge in [-0.1, -0.05) is 12.1 Å². The highest BCUT2D eigenvalue weighted by Crippen LogP contribution is 2.30. The van der Waals surface area contributed by atoms with Crippen LogP contribution < -0.4 is 10.6 Å². The van der Waals surface area contributed by atoms with Gasteiger partial charge in [0.25, 0.3) is 0 Å². The van der Waals surface area contributed by atoms with Crippen molar-refractivity contribution in [1.29, 1.82) is 0 Å². The second-order valence-corrected chi connectivity index (χ2v) is 5.33. The lowest BCUT2D eigenvalue weighted by atomic mass is 10.1. The number of hydrogen-bond acceptors (Lipinski definition) is 3. The molecule has 0 aliphatic carbocycles. The number of hydrogen-bond donors (Lipinski definition) is 2. The Hall–Kier alpha value is -1.30. The molecule has 0 aromatic heterocycles. The Kier molecular flexibility index (Phi) is 5.60. The fraction of sp³-hybridized carbons (Fsp3) is 0.462. The molecule has 0 saturated heterocycles. The summed E-state index contributed by atoms with van der Waals surface area (Å²) >= 11 is 3.17. The zero-order valence-corrected chi connectivity index (χ0v) is 12.9. The molecule has 0 aliphatic heterocycles. The number of nitrogens with zero attached hydrogens (tertiary/aromatic N) is 2. The Morgan fingerprint density at radius 3 is 2.63 bits per heavy atom. The van der Waals surface area contributed by atoms with Crippen molar-refractivity contribution in [1.82, 2.24) is 0 Å². The van der Waals surface area contributed by atoms with Gasteiger partial charge in [-0.3, -0.25) is 0 Å². The average Bonchev–Trinajstić information content (AvgIpc) is 2.38. The number of oxime groups is 1. The summed E-state index contributed by atoms with van der Waals surface area (Å²) in [6.07, 6.45) is 0.928. The molecule has 0 atom stereocenters. The summed E-state index contributed by atoms with van der Waals surface area (Å²) in [6, 6.07) is 3.49. The SMILES string of the molecule is CCCN(c1ccc(/C(N)=N/O)c(Br)c1F)C(C)C. The zero-order chi connectivity index (χ0) is 14.6. The van der Waals surface area contributed by atoms with Crippen LogP contribution >= 0.6 is 15.9 Å². The zero-order valence-electron chi connectivity index (χ0n) is 11.3. The van der Waals surface area contributed by atoms with Gasteiger partial charge >= 0.3 is 0 Å². The number of rotatable bonds is 5. The van der Waals surface area contributed by atoms with Crippen molar-refractivity contribution in [3.8, 4) is 0 Å². The van der Waals surface area contributed by atoms with Gasteiger partial charge in [0, 0.05) is 18.2 Å². The van der Waals surface area contributed by atoms with Gasteiger partial charge in [0.05, 0.1) is 10.2 Å². The summed E-state index contributed by atoms with van der Waals surface area (Å²) in [7, 11) is 0. The lowest BCUT2D eigenvalue weighted by Gasteiger charge is -2.29. The van der Waals surface area contributed by atoms with Crippen molar-refractivity contribution in [3.05, 3.63) is 28.0 Å². The summed E-state index contributed by atoms with van der Waals surface area (Å²) in [5.74, 6) is -0.518. The highest BCUT2D eigenvalue weighted by molar-refractivity contribution is 9.10. The maximum absolute atomic E-state index is 14.4. The van der Waals surface area contributed by atoms with Crippen molar-refractivity contribution in [3.63, 3.8) is 0 Å². The van der Waals surface area contributed by atoms with E-state index in [0.29, 0.717) is 11.3 Å². The quantitative estimate of drug-likeness (QED) is 0.376. The van der Waals surface area contributed by atoms with Gasteiger partial charge < -0.3 is 15.8 Å². The number of benzene rings is 1. The van der Waals surface area contributed by atoms with Crippen LogP contribution in [0.1, 0.15) is 32.8 Å². The molecule has 6 heteroatoms. The van der Waals surface area contributed by atoms with E-state index in [0.717, 1.165) is 13.0 Å². The van der Waals surface area contributed by atoms with Gasteiger partial charge in [-0.25, -0.2) is 4.39 Å². The van der Waals surface area contributed by atoms with E-state index in [1.165, 1.54) is 0 Å². The summed E-state index contributed by atoms with van der Waals surface area (Å²) in [5.41, 5.74) is 6.35. The molecule has 3 N–H and O–H groups in total. The van der Waals surface area contributed by atoms with E-state index in [2.05, 4.69) is 21.1 Å². The standard InChI is InChI=1S/C13H19BrFN3O/c1-4-7-18(8(2)3)10-6-5-9(13(16)17-19)11(14)12(10)15/h5-6,8,19H,4,7H2,1-3H3,(H2,16,17). The van der Waals surface area contributed by atoms with Crippen molar-refractivity contribution < 1.29 is 9.60 Å². The van der Waals surface area contributed by atoms with Crippen molar-refractivity contribution in [2.24, 2.45) is 10.9 Å². The first-order chi connectivity index (χ1) is 8.93. The predicted molar refractivity (Wildman–Crippen MR) is 79.4 cm³/mol. The molecule has 0 fully saturated rings. The highest BCUT2D eigenvalue weighted by atomic mass is 79.9. The number of nitrogens with two attached hydrogens (primary N) is 1. The first-order valence-electron chi connectivity index (χ1n) is 6.16. The predicted octanol–water partition coefficient (Wildman–Crippen LogP) is 3.31. The van der Waals surface area contributed by atoms with E-state index in [-0.39, 0.29) is 16.4 Å². The number of amidine groups is 1. The Morgan fingerprint density at radius 1 is 1.53 bits per heavy atom. The van der Waals surface area contributed by atoms with Crippen LogP contribution in [-0.2, 0) is 0 Å². The molecule has 106 valence electrons. The minimum Gasteiger partial charge on any atom is -0.409 e. The summed E-state index contributed by atoms with van der Waals surface area (Å²) in [4.78, 5) is 1.98. The number of anilines is 1. The minimum absolute atomic E-state index is 0.121. The smallest absolute Gasteiger partial charge is 0.171 e. The summed E-state index contributed by atoms with van der Waals surface area (Å²) in [5, 5.41) is 11.6. The van der Waals surface area contributed by atoms with Crippen LogP contribution in [0.15, 0.2) is 21.8 Å². The first kappa shape index (κ1) is 15.8. The minimum atomic E-state index is -0.397. The van der Waals surface area contributed by atoms with E-state index in [1.54, 1.807) is 12.1 Å². The van der Waals surface area contributed by atoms with Gasteiger partial charge in [0.1, 0.15) is 0 Å². The van der Waals surface area contributed by atoms with Crippen LogP contribution in [0.4, 0.5) is 10.1 Å². The van der Waals surface area contributed by atoms with E-state index in [4.69, 9.17) is 10.9 Å². The Labute approximate surface area is 121 Å². The molecular formula is C13H19BrFN3O. The van der Waals surface area contributed by atoms with Crippen LogP contribution in [0.25, 0.3) is 0 Å². The van der Waals surface area contributed by atoms with Gasteiger partial charge in [-0.05, 0) is 48.3 Å². The molecule has 1 aromatic rings. The third-order valence-corrected chi connectivity index (χ3v) is 3.62. The molecule has 0 spiro atoms. The molecule has 4 nitrogen and oxygen atoms in total. The Balaban J connectivity index is 3.28. The van der Waals surface area contributed by atoms with Crippen LogP contribution in [0.2, 0.25) is 0 Å². The van der Waals surface area contributed by atoms with Crippen molar-refractivity contribution in [2.75, 3.05) is 11.4 Å². The molecule has 0 bridgehead atoms. The molecular weight excluding hydrogens is 313 g/mol. The third kappa shape index (κ3) is 3.37. The van der Waals surface area contributed by atoms with E-state index in [1.807, 2.05) is 25.7 Å². The fourth-order valence-corrected chi connectivity index (χ4v) is 2.45. The van der Waals surface area contributed by atoms with Gasteiger partial charge in [-0.2, -0.15) is 0 Å². The molecule has 0 unspecified atom stereocenters. The van der Waals surface area contributed by atoms with Gasteiger partial charge in [-0.15, -0.1) is 0 Å². The molecule has 19 heavy (non-hydrogen) atoms. The molecule has 1 rings (SSSR count). The largest absolute Gasteiger partial charge is 0.409 e. The van der Waals surface area contributed by atoms with Crippen LogP contribution in [0.5, 0.6) is 0 Å². The maximum Gasteiger partial charge on any atom is 0.171 e. The lowest BCUT2D eigenvalue weighted by Crippen LogP contribution is -2.32. The summed E-state index contributed by atoms with van der Waals surface area (Å²) in [6.45, 7) is 6.85. The second-order valence-electron chi connectivity index (χ2n) is 4.53. The monoisotopic (exact) mass is 331 g/mol. The van der Waals surface area contributed by atoms with Crippen LogP contribution in [-0.4, -0.2) is 23.6 Å². The maximum atomic E-state index is 14.4. The normalized spacial score (nSPS) is 12.0. The second kappa shape index (κ2) is 6.75. The molecule has 0 saturated carbocycles. The van der Waals surface area contributed by atoms with E-state index >= 15 is 0 Å². The van der Waals surface area contributed by atoms with E-state index in [9.17, 15) is 4.39 Å². The van der Waals surface area contributed by atoms with Crippen molar-refractivity contribution in [2.45, 2.75) is 33.2 Å². The van der Waals surface area contributed by atoms with Crippen LogP contribution in [0.3, 0.4) is 0 Å². The van der Waals surface area contributed by atoms with Crippen LogP contribution in [0, 0.1) is 5.82 Å². The lowest BCUT2D eigenvalue weighted by molar-refractivity contribution is 0.318.